The maximum atomic E-state index is 12.0. The number of carbonyl (C=O) groups excluding carboxylic acids is 1. The van der Waals surface area contributed by atoms with Crippen molar-refractivity contribution < 1.29 is 14.3 Å². The number of carbonyl (C=O) groups is 1. The third-order valence-corrected chi connectivity index (χ3v) is 3.50. The van der Waals surface area contributed by atoms with Crippen LogP contribution in [0, 0.1) is 6.92 Å². The quantitative estimate of drug-likeness (QED) is 0.908. The lowest BCUT2D eigenvalue weighted by atomic mass is 10.2. The summed E-state index contributed by atoms with van der Waals surface area (Å²) >= 11 is 3.42. The molecule has 1 atom stereocenters. The maximum Gasteiger partial charge on any atom is 0.287 e. The molecule has 0 aliphatic carbocycles. The van der Waals surface area contributed by atoms with Gasteiger partial charge in [0, 0.05) is 9.86 Å². The second kappa shape index (κ2) is 5.75. The van der Waals surface area contributed by atoms with Gasteiger partial charge in [-0.15, -0.1) is 0 Å². The Hall–Kier alpha value is -1.33. The Morgan fingerprint density at radius 3 is 2.84 bits per heavy atom. The Labute approximate surface area is 119 Å². The third-order valence-electron chi connectivity index (χ3n) is 3.04. The fourth-order valence-electron chi connectivity index (χ4n) is 1.93. The molecule has 0 aliphatic rings. The minimum atomic E-state index is -0.298. The number of fused-ring (bicyclic) bond motifs is 1. The van der Waals surface area contributed by atoms with Crippen LogP contribution in [0.1, 0.15) is 29.5 Å². The number of aliphatic hydroxyl groups excluding tert-OH is 1. The Morgan fingerprint density at radius 2 is 2.21 bits per heavy atom. The molecule has 0 aliphatic heterocycles. The van der Waals surface area contributed by atoms with E-state index in [2.05, 4.69) is 21.2 Å². The van der Waals surface area contributed by atoms with Gasteiger partial charge in [0.15, 0.2) is 5.76 Å². The van der Waals surface area contributed by atoms with Crippen molar-refractivity contribution in [1.82, 2.24) is 5.32 Å². The number of aryl methyl sites for hydroxylation is 1. The summed E-state index contributed by atoms with van der Waals surface area (Å²) in [6.07, 6.45) is 0.674. The van der Waals surface area contributed by atoms with Crippen LogP contribution >= 0.6 is 15.9 Å². The molecule has 5 heteroatoms. The summed E-state index contributed by atoms with van der Waals surface area (Å²) in [5, 5.41) is 12.7. The number of hydrogen-bond donors (Lipinski definition) is 2. The lowest BCUT2D eigenvalue weighted by Gasteiger charge is -2.12. The van der Waals surface area contributed by atoms with Gasteiger partial charge < -0.3 is 14.8 Å². The predicted octanol–water partition coefficient (Wildman–Crippen LogP) is 3.00. The van der Waals surface area contributed by atoms with Gasteiger partial charge in [0.25, 0.3) is 5.91 Å². The Balaban J connectivity index is 2.31. The first-order valence-corrected chi connectivity index (χ1v) is 6.95. The van der Waals surface area contributed by atoms with Crippen LogP contribution in [0.3, 0.4) is 0 Å². The summed E-state index contributed by atoms with van der Waals surface area (Å²) < 4.78 is 6.54. The highest BCUT2D eigenvalue weighted by Gasteiger charge is 2.16. The number of amides is 1. The van der Waals surface area contributed by atoms with Gasteiger partial charge in [-0.05, 0) is 37.1 Å². The van der Waals surface area contributed by atoms with Gasteiger partial charge in [0.2, 0.25) is 0 Å². The first-order chi connectivity index (χ1) is 9.05. The summed E-state index contributed by atoms with van der Waals surface area (Å²) in [6, 6.07) is 5.32. The van der Waals surface area contributed by atoms with E-state index < -0.39 is 0 Å². The molecule has 1 aromatic heterocycles. The largest absolute Gasteiger partial charge is 0.451 e. The monoisotopic (exact) mass is 325 g/mol. The zero-order valence-electron chi connectivity index (χ0n) is 10.9. The fraction of sp³-hybridized carbons (Fsp3) is 0.357. The van der Waals surface area contributed by atoms with Gasteiger partial charge >= 0.3 is 0 Å². The number of halogens is 1. The van der Waals surface area contributed by atoms with Crippen molar-refractivity contribution in [2.75, 3.05) is 6.61 Å². The highest BCUT2D eigenvalue weighted by Crippen LogP contribution is 2.27. The normalized spacial score (nSPS) is 12.6. The summed E-state index contributed by atoms with van der Waals surface area (Å²) in [5.41, 5.74) is 1.68. The average molecular weight is 326 g/mol. The molecule has 2 aromatic rings. The zero-order valence-corrected chi connectivity index (χ0v) is 12.5. The molecule has 2 rings (SSSR count). The molecule has 0 spiro atoms. The first-order valence-electron chi connectivity index (χ1n) is 6.16. The summed E-state index contributed by atoms with van der Waals surface area (Å²) in [6.45, 7) is 3.76. The molecular weight excluding hydrogens is 310 g/mol. The molecule has 1 unspecified atom stereocenters. The number of furan rings is 1. The number of rotatable bonds is 4. The number of hydrogen-bond acceptors (Lipinski definition) is 3. The number of benzene rings is 1. The van der Waals surface area contributed by atoms with Crippen molar-refractivity contribution in [3.05, 3.63) is 34.0 Å². The van der Waals surface area contributed by atoms with Crippen LogP contribution in [0.25, 0.3) is 11.0 Å². The highest BCUT2D eigenvalue weighted by molar-refractivity contribution is 9.10. The molecule has 1 aromatic carbocycles. The number of aliphatic hydroxyl groups is 1. The van der Waals surface area contributed by atoms with E-state index in [-0.39, 0.29) is 24.3 Å². The van der Waals surface area contributed by atoms with Crippen LogP contribution < -0.4 is 5.32 Å². The second-order valence-electron chi connectivity index (χ2n) is 4.51. The van der Waals surface area contributed by atoms with Crippen molar-refractivity contribution >= 4 is 32.8 Å². The van der Waals surface area contributed by atoms with Crippen LogP contribution in [-0.4, -0.2) is 23.7 Å². The second-order valence-corrected chi connectivity index (χ2v) is 5.43. The summed E-state index contributed by atoms with van der Waals surface area (Å²) in [7, 11) is 0. The van der Waals surface area contributed by atoms with E-state index in [1.807, 2.05) is 26.0 Å². The molecule has 0 bridgehead atoms. The predicted molar refractivity (Wildman–Crippen MR) is 77.3 cm³/mol. The first kappa shape index (κ1) is 14.1. The smallest absolute Gasteiger partial charge is 0.287 e. The van der Waals surface area contributed by atoms with Gasteiger partial charge in [0.05, 0.1) is 12.6 Å². The molecule has 4 nitrogen and oxygen atoms in total. The van der Waals surface area contributed by atoms with Crippen LogP contribution in [0.4, 0.5) is 0 Å². The van der Waals surface area contributed by atoms with Crippen LogP contribution in [0.2, 0.25) is 0 Å². The van der Waals surface area contributed by atoms with Gasteiger partial charge in [-0.25, -0.2) is 0 Å². The lowest BCUT2D eigenvalue weighted by Crippen LogP contribution is -2.36. The van der Waals surface area contributed by atoms with E-state index in [0.717, 1.165) is 15.4 Å². The van der Waals surface area contributed by atoms with E-state index in [0.29, 0.717) is 12.0 Å². The van der Waals surface area contributed by atoms with Gasteiger partial charge in [-0.3, -0.25) is 4.79 Å². The Bertz CT molecular complexity index is 602. The molecule has 0 radical (unpaired) electrons. The molecule has 2 N–H and O–H groups in total. The summed E-state index contributed by atoms with van der Waals surface area (Å²) in [5.74, 6) is -0.0317. The summed E-state index contributed by atoms with van der Waals surface area (Å²) in [4.78, 5) is 12.0. The van der Waals surface area contributed by atoms with Crippen molar-refractivity contribution in [1.29, 1.82) is 0 Å². The molecule has 102 valence electrons. The van der Waals surface area contributed by atoms with Crippen LogP contribution in [0.5, 0.6) is 0 Å². The molecule has 1 amide bonds. The molecule has 1 heterocycles. The standard InChI is InChI=1S/C14H16BrNO3/c1-3-11(7-17)16-14(18)12-6-9-5-10(15)4-8(2)13(9)19-12/h4-6,11,17H,3,7H2,1-2H3,(H,16,18). The molecular formula is C14H16BrNO3. The van der Waals surface area contributed by atoms with E-state index >= 15 is 0 Å². The van der Waals surface area contributed by atoms with E-state index in [1.54, 1.807) is 6.07 Å². The fourth-order valence-corrected chi connectivity index (χ4v) is 2.52. The van der Waals surface area contributed by atoms with Crippen molar-refractivity contribution in [3.8, 4) is 0 Å². The van der Waals surface area contributed by atoms with Crippen LogP contribution in [-0.2, 0) is 0 Å². The van der Waals surface area contributed by atoms with E-state index in [1.165, 1.54) is 0 Å². The third kappa shape index (κ3) is 2.98. The minimum absolute atomic E-state index is 0.0763. The lowest BCUT2D eigenvalue weighted by molar-refractivity contribution is 0.0889. The molecule has 19 heavy (non-hydrogen) atoms. The topological polar surface area (TPSA) is 62.5 Å². The van der Waals surface area contributed by atoms with Crippen LogP contribution in [0.15, 0.2) is 27.1 Å². The van der Waals surface area contributed by atoms with Crippen molar-refractivity contribution in [2.45, 2.75) is 26.3 Å². The molecule has 0 fully saturated rings. The average Bonchev–Trinajstić information content (AvgIpc) is 2.79. The van der Waals surface area contributed by atoms with E-state index in [4.69, 9.17) is 9.52 Å². The maximum absolute atomic E-state index is 12.0. The highest BCUT2D eigenvalue weighted by atomic mass is 79.9. The number of nitrogens with one attached hydrogen (secondary N) is 1. The van der Waals surface area contributed by atoms with E-state index in [9.17, 15) is 4.79 Å². The zero-order chi connectivity index (χ0) is 14.0. The minimum Gasteiger partial charge on any atom is -0.451 e. The van der Waals surface area contributed by atoms with Gasteiger partial charge in [-0.1, -0.05) is 22.9 Å². The van der Waals surface area contributed by atoms with Crippen molar-refractivity contribution in [2.24, 2.45) is 0 Å². The molecule has 0 saturated heterocycles. The van der Waals surface area contributed by atoms with Gasteiger partial charge in [0.1, 0.15) is 5.58 Å². The Kier molecular flexibility index (Phi) is 4.27. The van der Waals surface area contributed by atoms with Gasteiger partial charge in [-0.2, -0.15) is 0 Å². The molecule has 0 saturated carbocycles. The van der Waals surface area contributed by atoms with Crippen molar-refractivity contribution in [3.63, 3.8) is 0 Å². The SMILES string of the molecule is CCC(CO)NC(=O)c1cc2cc(Br)cc(C)c2o1. The Morgan fingerprint density at radius 1 is 1.47 bits per heavy atom.